The van der Waals surface area contributed by atoms with Crippen molar-refractivity contribution in [1.29, 1.82) is 0 Å². The number of aryl methyl sites for hydroxylation is 1. The molecule has 0 amide bonds. The van der Waals surface area contributed by atoms with Gasteiger partial charge in [0.15, 0.2) is 6.16 Å². The highest BCUT2D eigenvalue weighted by Crippen LogP contribution is 2.44. The Morgan fingerprint density at radius 2 is 1.76 bits per heavy atom. The quantitative estimate of drug-likeness (QED) is 0.247. The summed E-state index contributed by atoms with van der Waals surface area (Å²) in [5.74, 6) is -3.42. The lowest BCUT2D eigenvalue weighted by Crippen LogP contribution is -2.50. The molecule has 2 aromatic carbocycles. The second kappa shape index (κ2) is 11.8. The standard InChI is InChI=1S/C23H31N2O6PS/c1-17(2)23(28,25-33(30,31)13-7-11-18-8-4-3-5-9-18)32(29)16-21(22(26)27)20-12-6-10-19(14-20)15-24/h3-6,8-10,12,14,17,21,25,28H,7,11,13,15-16,24H2,1-2H3/p+1/t21?,23-/m1/s1. The van der Waals surface area contributed by atoms with Crippen molar-refractivity contribution < 1.29 is 28.0 Å². The molecular weight excluding hydrogens is 463 g/mol. The Morgan fingerprint density at radius 1 is 1.12 bits per heavy atom. The van der Waals surface area contributed by atoms with Gasteiger partial charge in [0.05, 0.1) is 5.75 Å². The maximum absolute atomic E-state index is 13.2. The van der Waals surface area contributed by atoms with Crippen molar-refractivity contribution in [2.75, 3.05) is 11.9 Å². The molecule has 0 aliphatic rings. The molecule has 180 valence electrons. The van der Waals surface area contributed by atoms with Gasteiger partial charge in [-0.2, -0.15) is 0 Å². The number of aliphatic carboxylic acids is 1. The number of hydrogen-bond acceptors (Lipinski definition) is 6. The summed E-state index contributed by atoms with van der Waals surface area (Å²) in [5.41, 5.74) is 5.45. The number of sulfonamides is 1. The first kappa shape index (κ1) is 27.1. The molecule has 2 aromatic rings. The van der Waals surface area contributed by atoms with Crippen LogP contribution in [0.15, 0.2) is 54.6 Å². The van der Waals surface area contributed by atoms with Gasteiger partial charge in [-0.05, 0) is 29.5 Å². The second-order valence-corrected chi connectivity index (χ2v) is 11.9. The fourth-order valence-corrected chi connectivity index (χ4v) is 7.11. The van der Waals surface area contributed by atoms with Gasteiger partial charge in [0, 0.05) is 12.5 Å². The minimum absolute atomic E-state index is 0.213. The Hall–Kier alpha value is -2.16. The van der Waals surface area contributed by atoms with Crippen molar-refractivity contribution in [3.63, 3.8) is 0 Å². The normalized spacial score (nSPS) is 15.1. The van der Waals surface area contributed by atoms with Crippen LogP contribution in [-0.2, 0) is 32.3 Å². The van der Waals surface area contributed by atoms with Crippen LogP contribution in [0.1, 0.15) is 42.9 Å². The van der Waals surface area contributed by atoms with Crippen LogP contribution in [0.2, 0.25) is 0 Å². The molecule has 8 nitrogen and oxygen atoms in total. The number of aliphatic hydroxyl groups is 1. The number of hydrogen-bond donors (Lipinski definition) is 4. The van der Waals surface area contributed by atoms with E-state index >= 15 is 0 Å². The molecule has 10 heteroatoms. The monoisotopic (exact) mass is 495 g/mol. The van der Waals surface area contributed by atoms with Gasteiger partial charge in [0.25, 0.3) is 0 Å². The highest BCUT2D eigenvalue weighted by molar-refractivity contribution is 7.89. The molecule has 0 bridgehead atoms. The first-order valence-electron chi connectivity index (χ1n) is 10.7. The van der Waals surface area contributed by atoms with E-state index in [2.05, 4.69) is 4.72 Å². The Balaban J connectivity index is 2.15. The van der Waals surface area contributed by atoms with E-state index in [4.69, 9.17) is 5.73 Å². The number of carboxylic acid groups (broad SMARTS) is 1. The molecule has 0 aromatic heterocycles. The zero-order valence-corrected chi connectivity index (χ0v) is 20.6. The summed E-state index contributed by atoms with van der Waals surface area (Å²) in [6, 6.07) is 16.0. The van der Waals surface area contributed by atoms with Crippen molar-refractivity contribution in [3.05, 3.63) is 71.3 Å². The Morgan fingerprint density at radius 3 is 2.33 bits per heavy atom. The van der Waals surface area contributed by atoms with E-state index < -0.39 is 47.3 Å². The molecule has 2 rings (SSSR count). The van der Waals surface area contributed by atoms with E-state index in [0.717, 1.165) is 5.56 Å². The van der Waals surface area contributed by atoms with Gasteiger partial charge in [-0.15, -0.1) is 4.72 Å². The van der Waals surface area contributed by atoms with Gasteiger partial charge in [-0.25, -0.2) is 8.42 Å². The molecule has 0 aliphatic heterocycles. The SMILES string of the molecule is CC(C)[C@](O)(NS(=O)(=O)CCCc1ccccc1)[P+](=O)CC(C(=O)O)c1cccc(CN)c1. The third-order valence-corrected chi connectivity index (χ3v) is 9.13. The van der Waals surface area contributed by atoms with Gasteiger partial charge in [-0.3, -0.25) is 4.79 Å². The van der Waals surface area contributed by atoms with Crippen molar-refractivity contribution in [2.45, 2.75) is 44.6 Å². The number of benzene rings is 2. The third-order valence-electron chi connectivity index (χ3n) is 5.45. The molecule has 0 spiro atoms. The van der Waals surface area contributed by atoms with Gasteiger partial charge in [0.2, 0.25) is 10.0 Å². The molecular formula is C23H32N2O6PS+. The zero-order valence-electron chi connectivity index (χ0n) is 18.8. The number of rotatable bonds is 13. The van der Waals surface area contributed by atoms with Crippen LogP contribution in [0, 0.1) is 5.92 Å². The number of nitrogens with two attached hydrogens (primary N) is 1. The van der Waals surface area contributed by atoms with Gasteiger partial charge in [-0.1, -0.05) is 73.0 Å². The van der Waals surface area contributed by atoms with E-state index in [9.17, 15) is 28.0 Å². The topological polar surface area (TPSA) is 147 Å². The molecule has 5 N–H and O–H groups in total. The molecule has 2 unspecified atom stereocenters. The van der Waals surface area contributed by atoms with Crippen molar-refractivity contribution in [2.24, 2.45) is 11.7 Å². The smallest absolute Gasteiger partial charge is 0.392 e. The largest absolute Gasteiger partial charge is 0.481 e. The zero-order chi connectivity index (χ0) is 24.6. The van der Waals surface area contributed by atoms with E-state index in [1.807, 2.05) is 30.3 Å². The lowest BCUT2D eigenvalue weighted by atomic mass is 9.99. The Bertz CT molecular complexity index is 1060. The summed E-state index contributed by atoms with van der Waals surface area (Å²) in [5, 5.41) is 20.8. The highest BCUT2D eigenvalue weighted by Gasteiger charge is 2.54. The predicted octanol–water partition coefficient (Wildman–Crippen LogP) is 3.00. The molecule has 33 heavy (non-hydrogen) atoms. The average Bonchev–Trinajstić information content (AvgIpc) is 2.77. The third kappa shape index (κ3) is 7.69. The Kier molecular flexibility index (Phi) is 9.70. The van der Waals surface area contributed by atoms with Crippen LogP contribution in [0.5, 0.6) is 0 Å². The second-order valence-electron chi connectivity index (χ2n) is 8.29. The molecule has 0 radical (unpaired) electrons. The summed E-state index contributed by atoms with van der Waals surface area (Å²) < 4.78 is 40.8. The van der Waals surface area contributed by atoms with Crippen molar-refractivity contribution in [3.8, 4) is 0 Å². The van der Waals surface area contributed by atoms with Crippen LogP contribution in [0.25, 0.3) is 0 Å². The molecule has 0 fully saturated rings. The van der Waals surface area contributed by atoms with Crippen LogP contribution < -0.4 is 10.5 Å². The Labute approximate surface area is 196 Å². The van der Waals surface area contributed by atoms with Gasteiger partial charge >= 0.3 is 19.2 Å². The van der Waals surface area contributed by atoms with Crippen molar-refractivity contribution >= 4 is 23.8 Å². The summed E-state index contributed by atoms with van der Waals surface area (Å²) >= 11 is 0. The summed E-state index contributed by atoms with van der Waals surface area (Å²) in [7, 11) is -6.67. The highest BCUT2D eigenvalue weighted by atomic mass is 32.2. The van der Waals surface area contributed by atoms with E-state index in [0.29, 0.717) is 24.0 Å². The fraction of sp³-hybridized carbons (Fsp3) is 0.435. The maximum Gasteiger partial charge on any atom is 0.392 e. The van der Waals surface area contributed by atoms with Crippen LogP contribution in [0.4, 0.5) is 0 Å². The minimum atomic E-state index is -3.98. The average molecular weight is 496 g/mol. The summed E-state index contributed by atoms with van der Waals surface area (Å²) in [4.78, 5) is 11.9. The number of carboxylic acids is 1. The summed E-state index contributed by atoms with van der Waals surface area (Å²) in [6.45, 7) is 3.28. The minimum Gasteiger partial charge on any atom is -0.481 e. The molecule has 3 atom stereocenters. The van der Waals surface area contributed by atoms with Crippen molar-refractivity contribution in [1.82, 2.24) is 4.72 Å². The first-order valence-corrected chi connectivity index (χ1v) is 13.8. The van der Waals surface area contributed by atoms with Gasteiger partial charge < -0.3 is 15.9 Å². The predicted molar refractivity (Wildman–Crippen MR) is 129 cm³/mol. The van der Waals surface area contributed by atoms with Crippen LogP contribution in [-0.4, -0.2) is 42.0 Å². The number of carbonyl (C=O) groups is 1. The van der Waals surface area contributed by atoms with E-state index in [-0.39, 0.29) is 12.3 Å². The lowest BCUT2D eigenvalue weighted by molar-refractivity contribution is -0.138. The van der Waals surface area contributed by atoms with Gasteiger partial charge in [0.1, 0.15) is 5.92 Å². The molecule has 0 aliphatic carbocycles. The first-order chi connectivity index (χ1) is 15.5. The fourth-order valence-electron chi connectivity index (χ4n) is 3.42. The summed E-state index contributed by atoms with van der Waals surface area (Å²) in [6.07, 6.45) is 0.417. The molecule has 0 saturated heterocycles. The van der Waals surface area contributed by atoms with E-state index in [1.54, 1.807) is 24.3 Å². The maximum atomic E-state index is 13.2. The van der Waals surface area contributed by atoms with E-state index in [1.165, 1.54) is 13.8 Å². The molecule has 0 heterocycles. The van der Waals surface area contributed by atoms with Crippen LogP contribution in [0.3, 0.4) is 0 Å². The number of nitrogens with one attached hydrogen (secondary N) is 1. The van der Waals surface area contributed by atoms with Crippen LogP contribution >= 0.6 is 7.80 Å². The molecule has 0 saturated carbocycles. The lowest BCUT2D eigenvalue weighted by Gasteiger charge is -2.24.